The van der Waals surface area contributed by atoms with Gasteiger partial charge in [0.25, 0.3) is 0 Å². The lowest BCUT2D eigenvalue weighted by atomic mass is 9.88. The summed E-state index contributed by atoms with van der Waals surface area (Å²) in [7, 11) is 0. The molecule has 0 aromatic heterocycles. The topological polar surface area (TPSA) is 74.6 Å². The number of hydrogen-bond donors (Lipinski definition) is 2. The third-order valence-electron chi connectivity index (χ3n) is 5.07. The molecular weight excluding hydrogens is 360 g/mol. The predicted octanol–water partition coefficient (Wildman–Crippen LogP) is 4.46. The van der Waals surface area contributed by atoms with Gasteiger partial charge in [0.1, 0.15) is 11.4 Å². The third-order valence-corrected chi connectivity index (χ3v) is 6.10. The second-order valence-corrected chi connectivity index (χ2v) is 8.47. The van der Waals surface area contributed by atoms with Crippen molar-refractivity contribution in [1.82, 2.24) is 0 Å². The highest BCUT2D eigenvalue weighted by Gasteiger charge is 2.32. The Bertz CT molecular complexity index is 560. The molecule has 0 aliphatic heterocycles. The summed E-state index contributed by atoms with van der Waals surface area (Å²) in [5.41, 5.74) is -0.958. The van der Waals surface area contributed by atoms with E-state index in [1.165, 1.54) is 11.8 Å². The molecule has 0 saturated heterocycles. The lowest BCUT2D eigenvalue weighted by Crippen LogP contribution is -2.25. The van der Waals surface area contributed by atoms with Crippen LogP contribution in [0.25, 0.3) is 0 Å². The minimum atomic E-state index is -0.958. The van der Waals surface area contributed by atoms with Gasteiger partial charge in [-0.25, -0.2) is 0 Å². The van der Waals surface area contributed by atoms with Gasteiger partial charge in [-0.1, -0.05) is 37.8 Å². The molecule has 0 radical (unpaired) electrons. The fourth-order valence-corrected chi connectivity index (χ4v) is 4.35. The maximum Gasteiger partial charge on any atom is 0.313 e. The summed E-state index contributed by atoms with van der Waals surface area (Å²) in [6, 6.07) is 0. The molecule has 0 bridgehead atoms. The van der Waals surface area contributed by atoms with Crippen molar-refractivity contribution in [2.24, 2.45) is 11.8 Å². The second-order valence-electron chi connectivity index (χ2n) is 7.36. The highest BCUT2D eigenvalue weighted by molar-refractivity contribution is 7.99. The normalized spacial score (nSPS) is 21.8. The van der Waals surface area contributed by atoms with Crippen LogP contribution >= 0.6 is 11.8 Å². The van der Waals surface area contributed by atoms with Gasteiger partial charge in [0.2, 0.25) is 0 Å². The maximum atomic E-state index is 12.2. The second kappa shape index (κ2) is 13.0. The minimum absolute atomic E-state index is 0.0757. The minimum Gasteiger partial charge on any atom is -0.481 e. The van der Waals surface area contributed by atoms with E-state index in [0.29, 0.717) is 25.0 Å². The summed E-state index contributed by atoms with van der Waals surface area (Å²) in [5.74, 6) is 6.66. The Morgan fingerprint density at radius 3 is 2.81 bits per heavy atom. The van der Waals surface area contributed by atoms with Gasteiger partial charge in [0, 0.05) is 18.8 Å². The van der Waals surface area contributed by atoms with E-state index in [-0.39, 0.29) is 17.6 Å². The molecule has 5 heteroatoms. The first-order chi connectivity index (χ1) is 12.9. The number of rotatable bonds is 13. The summed E-state index contributed by atoms with van der Waals surface area (Å²) < 4.78 is 0. The van der Waals surface area contributed by atoms with Gasteiger partial charge in [0.15, 0.2) is 0 Å². The first-order valence-electron chi connectivity index (χ1n) is 10.1. The molecule has 2 N–H and O–H groups in total. The Morgan fingerprint density at radius 2 is 2.15 bits per heavy atom. The Kier molecular flexibility index (Phi) is 11.5. The summed E-state index contributed by atoms with van der Waals surface area (Å²) in [4.78, 5) is 22.7. The molecule has 0 heterocycles. The van der Waals surface area contributed by atoms with E-state index >= 15 is 0 Å². The van der Waals surface area contributed by atoms with Crippen LogP contribution < -0.4 is 0 Å². The number of hydrogen-bond acceptors (Lipinski definition) is 4. The fraction of sp³-hybridized carbons (Fsp3) is 0.727. The monoisotopic (exact) mass is 394 g/mol. The van der Waals surface area contributed by atoms with E-state index in [0.717, 1.165) is 44.3 Å². The largest absolute Gasteiger partial charge is 0.481 e. The maximum absolute atomic E-state index is 12.2. The molecule has 1 saturated carbocycles. The molecule has 0 spiro atoms. The molecule has 27 heavy (non-hydrogen) atoms. The number of allylic oxidation sites excluding steroid dienone is 1. The molecule has 1 fully saturated rings. The lowest BCUT2D eigenvalue weighted by Gasteiger charge is -2.21. The lowest BCUT2D eigenvalue weighted by molar-refractivity contribution is -0.133. The van der Waals surface area contributed by atoms with Gasteiger partial charge in [-0.05, 0) is 50.7 Å². The average Bonchev–Trinajstić information content (AvgIpc) is 2.96. The van der Waals surface area contributed by atoms with Crippen molar-refractivity contribution >= 4 is 23.5 Å². The van der Waals surface area contributed by atoms with Crippen molar-refractivity contribution in [3.05, 3.63) is 12.2 Å². The van der Waals surface area contributed by atoms with E-state index in [1.807, 2.05) is 6.08 Å². The Morgan fingerprint density at radius 1 is 1.37 bits per heavy atom. The van der Waals surface area contributed by atoms with Crippen molar-refractivity contribution in [2.45, 2.75) is 77.2 Å². The molecule has 152 valence electrons. The number of carboxylic acids is 1. The number of carbonyl (C=O) groups excluding carboxylic acids is 1. The number of thioether (sulfide) groups is 1. The van der Waals surface area contributed by atoms with Gasteiger partial charge in [-0.15, -0.1) is 5.92 Å². The quantitative estimate of drug-likeness (QED) is 0.274. The fourth-order valence-electron chi connectivity index (χ4n) is 3.62. The Hall–Kier alpha value is -1.25. The van der Waals surface area contributed by atoms with Crippen molar-refractivity contribution < 1.29 is 19.8 Å². The zero-order chi connectivity index (χ0) is 20.1. The number of ketones is 1. The van der Waals surface area contributed by atoms with Crippen LogP contribution in [-0.2, 0) is 9.59 Å². The molecule has 0 aromatic carbocycles. The van der Waals surface area contributed by atoms with Gasteiger partial charge in [0.05, 0.1) is 5.75 Å². The molecule has 3 atom stereocenters. The standard InChI is InChI=1S/C22H34O4S/c1-3-5-14-22(26,13-4-2)15-8-9-18-11-12-20(23)19(18)10-6-7-16-27-17-21(24)25/h8-9,18-19,26H,3,5-7,10-12,14-17H2,1-2H3,(H,24,25)/t18-,19+,22?/m0/s1. The summed E-state index contributed by atoms with van der Waals surface area (Å²) in [6.07, 6.45) is 11.6. The van der Waals surface area contributed by atoms with E-state index in [4.69, 9.17) is 5.11 Å². The Balaban J connectivity index is 2.46. The van der Waals surface area contributed by atoms with E-state index in [9.17, 15) is 14.7 Å². The molecule has 0 amide bonds. The SMILES string of the molecule is CC#CC(O)(CC=C[C@H]1CCC(=O)[C@@H]1CCCCSCC(=O)O)CCCC. The zero-order valence-corrected chi connectivity index (χ0v) is 17.5. The first kappa shape index (κ1) is 23.8. The predicted molar refractivity (Wildman–Crippen MR) is 112 cm³/mol. The van der Waals surface area contributed by atoms with Crippen LogP contribution in [0.3, 0.4) is 0 Å². The molecule has 1 rings (SSSR count). The molecule has 1 aliphatic carbocycles. The first-order valence-corrected chi connectivity index (χ1v) is 11.2. The average molecular weight is 395 g/mol. The molecule has 1 aliphatic rings. The van der Waals surface area contributed by atoms with E-state index in [1.54, 1.807) is 6.92 Å². The van der Waals surface area contributed by atoms with Crippen LogP contribution in [0, 0.1) is 23.7 Å². The van der Waals surface area contributed by atoms with Crippen LogP contribution in [0.5, 0.6) is 0 Å². The molecule has 0 aromatic rings. The number of aliphatic hydroxyl groups is 1. The number of Topliss-reactive ketones (excluding diaryl/α,β-unsaturated/α-hetero) is 1. The number of carboxylic acid groups (broad SMARTS) is 1. The van der Waals surface area contributed by atoms with Crippen LogP contribution in [0.15, 0.2) is 12.2 Å². The highest BCUT2D eigenvalue weighted by Crippen LogP contribution is 2.34. The number of unbranched alkanes of at least 4 members (excludes halogenated alkanes) is 2. The molecule has 1 unspecified atom stereocenters. The molecule has 4 nitrogen and oxygen atoms in total. The van der Waals surface area contributed by atoms with E-state index < -0.39 is 11.6 Å². The van der Waals surface area contributed by atoms with Gasteiger partial charge in [-0.2, -0.15) is 11.8 Å². The number of aliphatic carboxylic acids is 1. The van der Waals surface area contributed by atoms with E-state index in [2.05, 4.69) is 24.8 Å². The summed E-state index contributed by atoms with van der Waals surface area (Å²) >= 11 is 1.43. The van der Waals surface area contributed by atoms with Crippen molar-refractivity contribution in [1.29, 1.82) is 0 Å². The van der Waals surface area contributed by atoms with Crippen LogP contribution in [0.4, 0.5) is 0 Å². The van der Waals surface area contributed by atoms with Crippen molar-refractivity contribution in [2.75, 3.05) is 11.5 Å². The van der Waals surface area contributed by atoms with Gasteiger partial charge >= 0.3 is 5.97 Å². The third kappa shape index (κ3) is 9.48. The Labute approximate surface area is 168 Å². The van der Waals surface area contributed by atoms with Crippen LogP contribution in [-0.4, -0.2) is 39.1 Å². The van der Waals surface area contributed by atoms with Crippen LogP contribution in [0.2, 0.25) is 0 Å². The smallest absolute Gasteiger partial charge is 0.313 e. The summed E-state index contributed by atoms with van der Waals surface area (Å²) in [5, 5.41) is 19.3. The van der Waals surface area contributed by atoms with Crippen molar-refractivity contribution in [3.8, 4) is 11.8 Å². The van der Waals surface area contributed by atoms with Crippen LogP contribution in [0.1, 0.15) is 71.6 Å². The summed E-state index contributed by atoms with van der Waals surface area (Å²) in [6.45, 7) is 3.85. The molecular formula is C22H34O4S. The highest BCUT2D eigenvalue weighted by atomic mass is 32.2. The zero-order valence-electron chi connectivity index (χ0n) is 16.7. The number of carbonyl (C=O) groups is 2. The van der Waals surface area contributed by atoms with Gasteiger partial charge in [-0.3, -0.25) is 9.59 Å². The van der Waals surface area contributed by atoms with Gasteiger partial charge < -0.3 is 10.2 Å². The van der Waals surface area contributed by atoms with Crippen molar-refractivity contribution in [3.63, 3.8) is 0 Å².